The van der Waals surface area contributed by atoms with Crippen LogP contribution in [0.4, 0.5) is 0 Å². The Morgan fingerprint density at radius 3 is 2.86 bits per heavy atom. The van der Waals surface area contributed by atoms with Crippen molar-refractivity contribution in [3.05, 3.63) is 0 Å². The Morgan fingerprint density at radius 1 is 1.71 bits per heavy atom. The van der Waals surface area contributed by atoms with Crippen LogP contribution >= 0.6 is 0 Å². The van der Waals surface area contributed by atoms with Crippen LogP contribution < -0.4 is 10.3 Å². The fourth-order valence-corrected chi connectivity index (χ4v) is 0.703. The summed E-state index contributed by atoms with van der Waals surface area (Å²) in [7, 11) is 0. The largest absolute Gasteiger partial charge is 0.302 e. The molecule has 0 aromatic rings. The molecular formula is C5H11N2+. The first-order valence-electron chi connectivity index (χ1n) is 2.66. The predicted octanol–water partition coefficient (Wildman–Crippen LogP) is -1.87. The number of hydrogen-bond donors (Lipinski definition) is 2. The molecule has 2 nitrogen and oxygen atoms in total. The van der Waals surface area contributed by atoms with Crippen molar-refractivity contribution in [1.29, 1.82) is 0 Å². The molecule has 0 atom stereocenters. The lowest BCUT2D eigenvalue weighted by Gasteiger charge is -2.01. The molecule has 2 N–H and O–H groups in total. The molecule has 0 bridgehead atoms. The van der Waals surface area contributed by atoms with E-state index in [2.05, 4.69) is 17.2 Å². The molecular weight excluding hydrogens is 88.1 g/mol. The molecule has 2 heteroatoms. The molecule has 7 heavy (non-hydrogen) atoms. The van der Waals surface area contributed by atoms with Crippen LogP contribution in [0.5, 0.6) is 0 Å². The Balaban J connectivity index is 2.40. The molecule has 0 spiro atoms. The molecule has 40 valence electrons. The normalized spacial score (nSPS) is 21.6. The van der Waals surface area contributed by atoms with Gasteiger partial charge in [0, 0.05) is 6.92 Å². The minimum atomic E-state index is 1.04. The van der Waals surface area contributed by atoms with E-state index in [9.17, 15) is 0 Å². The number of hydrogen-bond acceptors (Lipinski definition) is 1. The summed E-state index contributed by atoms with van der Waals surface area (Å²) < 4.78 is 0. The van der Waals surface area contributed by atoms with Gasteiger partial charge in [-0.3, -0.25) is 0 Å². The number of rotatable bonds is 0. The van der Waals surface area contributed by atoms with Gasteiger partial charge in [-0.15, -0.1) is 0 Å². The summed E-state index contributed by atoms with van der Waals surface area (Å²) in [6, 6.07) is 0. The van der Waals surface area contributed by atoms with Crippen LogP contribution in [-0.2, 0) is 0 Å². The summed E-state index contributed by atoms with van der Waals surface area (Å²) >= 11 is 0. The smallest absolute Gasteiger partial charge is 0.161 e. The van der Waals surface area contributed by atoms with Crippen LogP contribution in [0.2, 0.25) is 0 Å². The minimum Gasteiger partial charge on any atom is -0.302 e. The average Bonchev–Trinajstić information content (AvgIpc) is 1.69. The molecule has 1 aliphatic heterocycles. The lowest BCUT2D eigenvalue weighted by molar-refractivity contribution is -0.460. The topological polar surface area (TPSA) is 26.0 Å². The minimum absolute atomic E-state index is 1.04. The zero-order valence-electron chi connectivity index (χ0n) is 4.62. The van der Waals surface area contributed by atoms with Crippen molar-refractivity contribution in [1.82, 2.24) is 5.32 Å². The molecule has 0 saturated heterocycles. The molecule has 1 aliphatic rings. The van der Waals surface area contributed by atoms with Crippen LogP contribution in [-0.4, -0.2) is 25.3 Å². The van der Waals surface area contributed by atoms with Gasteiger partial charge in [0.2, 0.25) is 0 Å². The molecule has 0 aromatic heterocycles. The first-order chi connectivity index (χ1) is 3.39. The summed E-state index contributed by atoms with van der Waals surface area (Å²) in [6.07, 6.45) is 0. The molecule has 0 unspecified atom stereocenters. The maximum atomic E-state index is 3.24. The van der Waals surface area contributed by atoms with Crippen LogP contribution in [0.15, 0.2) is 0 Å². The summed E-state index contributed by atoms with van der Waals surface area (Å²) in [5.74, 6) is 0. The molecule has 1 heterocycles. The van der Waals surface area contributed by atoms with Gasteiger partial charge in [-0.25, -0.2) is 4.99 Å². The van der Waals surface area contributed by atoms with E-state index < -0.39 is 0 Å². The zero-order chi connectivity index (χ0) is 5.11. The first kappa shape index (κ1) is 4.78. The van der Waals surface area contributed by atoms with Gasteiger partial charge in [-0.05, 0) is 0 Å². The highest BCUT2D eigenvalue weighted by Gasteiger charge is 2.01. The second-order valence-electron chi connectivity index (χ2n) is 1.88. The second-order valence-corrected chi connectivity index (χ2v) is 1.88. The maximum absolute atomic E-state index is 3.24. The third-order valence-corrected chi connectivity index (χ3v) is 1.12. The molecule has 0 fully saturated rings. The highest BCUT2D eigenvalue weighted by atomic mass is 15.0. The summed E-state index contributed by atoms with van der Waals surface area (Å²) in [5, 5.41) is 3.23. The van der Waals surface area contributed by atoms with Gasteiger partial charge in [0.1, 0.15) is 0 Å². The standard InChI is InChI=1S/C5H10N2/c1-5-4-6-2-3-7-5/h6H,2-4H2,1H3/p+1. The average molecular weight is 99.2 g/mol. The van der Waals surface area contributed by atoms with Gasteiger partial charge in [0.05, 0.1) is 13.1 Å². The van der Waals surface area contributed by atoms with Crippen molar-refractivity contribution in [2.45, 2.75) is 6.92 Å². The van der Waals surface area contributed by atoms with Crippen LogP contribution in [0.25, 0.3) is 0 Å². The van der Waals surface area contributed by atoms with E-state index >= 15 is 0 Å². The first-order valence-corrected chi connectivity index (χ1v) is 2.66. The molecule has 0 saturated carbocycles. The Labute approximate surface area is 43.6 Å². The fraction of sp³-hybridized carbons (Fsp3) is 0.800. The van der Waals surface area contributed by atoms with E-state index in [-0.39, 0.29) is 0 Å². The molecule has 0 aromatic carbocycles. The monoisotopic (exact) mass is 99.1 g/mol. The van der Waals surface area contributed by atoms with Gasteiger partial charge in [0.25, 0.3) is 0 Å². The van der Waals surface area contributed by atoms with Crippen LogP contribution in [0.1, 0.15) is 6.92 Å². The molecule has 1 rings (SSSR count). The van der Waals surface area contributed by atoms with Gasteiger partial charge >= 0.3 is 0 Å². The van der Waals surface area contributed by atoms with E-state index in [0.29, 0.717) is 0 Å². The Kier molecular flexibility index (Phi) is 1.42. The van der Waals surface area contributed by atoms with Gasteiger partial charge in [0.15, 0.2) is 12.3 Å². The van der Waals surface area contributed by atoms with E-state index in [0.717, 1.165) is 19.6 Å². The summed E-state index contributed by atoms with van der Waals surface area (Å²) in [6.45, 7) is 5.34. The van der Waals surface area contributed by atoms with E-state index in [1.54, 1.807) is 0 Å². The fourth-order valence-electron chi connectivity index (χ4n) is 0.703. The maximum Gasteiger partial charge on any atom is 0.161 e. The summed E-state index contributed by atoms with van der Waals surface area (Å²) in [5.41, 5.74) is 1.35. The zero-order valence-corrected chi connectivity index (χ0v) is 4.62. The predicted molar refractivity (Wildman–Crippen MR) is 29.4 cm³/mol. The lowest BCUT2D eigenvalue weighted by Crippen LogP contribution is -2.78. The van der Waals surface area contributed by atoms with Gasteiger partial charge in [-0.2, -0.15) is 0 Å². The Morgan fingerprint density at radius 2 is 2.57 bits per heavy atom. The third-order valence-electron chi connectivity index (χ3n) is 1.12. The highest BCUT2D eigenvalue weighted by molar-refractivity contribution is 5.78. The summed E-state index contributed by atoms with van der Waals surface area (Å²) in [4.78, 5) is 3.24. The van der Waals surface area contributed by atoms with E-state index in [1.807, 2.05) is 0 Å². The van der Waals surface area contributed by atoms with Crippen molar-refractivity contribution in [2.75, 3.05) is 19.6 Å². The van der Waals surface area contributed by atoms with Crippen LogP contribution in [0, 0.1) is 0 Å². The van der Waals surface area contributed by atoms with E-state index in [4.69, 9.17) is 0 Å². The second kappa shape index (κ2) is 2.07. The quantitative estimate of drug-likeness (QED) is 0.365. The van der Waals surface area contributed by atoms with Gasteiger partial charge < -0.3 is 5.32 Å². The van der Waals surface area contributed by atoms with Crippen molar-refractivity contribution < 1.29 is 4.99 Å². The SMILES string of the molecule is CC1=[NH+]CCNC1. The third kappa shape index (κ3) is 1.27. The van der Waals surface area contributed by atoms with E-state index in [1.165, 1.54) is 5.71 Å². The number of nitrogens with one attached hydrogen (secondary N) is 2. The van der Waals surface area contributed by atoms with Crippen LogP contribution in [0.3, 0.4) is 0 Å². The Hall–Kier alpha value is -0.370. The van der Waals surface area contributed by atoms with Crippen molar-refractivity contribution in [3.63, 3.8) is 0 Å². The molecule has 0 amide bonds. The van der Waals surface area contributed by atoms with Gasteiger partial charge in [-0.1, -0.05) is 0 Å². The van der Waals surface area contributed by atoms with Crippen molar-refractivity contribution in [2.24, 2.45) is 0 Å². The highest BCUT2D eigenvalue weighted by Crippen LogP contribution is 1.62. The molecule has 0 aliphatic carbocycles. The Bertz CT molecular complexity index is 86.1. The van der Waals surface area contributed by atoms with Crippen molar-refractivity contribution in [3.8, 4) is 0 Å². The lowest BCUT2D eigenvalue weighted by atomic mass is 10.3. The van der Waals surface area contributed by atoms with Crippen molar-refractivity contribution >= 4 is 5.71 Å². The molecule has 0 radical (unpaired) electrons.